The van der Waals surface area contributed by atoms with Gasteiger partial charge in [0.25, 0.3) is 0 Å². The van der Waals surface area contributed by atoms with Gasteiger partial charge in [-0.05, 0) is 45.5 Å². The Morgan fingerprint density at radius 2 is 1.44 bits per heavy atom. The van der Waals surface area contributed by atoms with Crippen LogP contribution in [0.5, 0.6) is 0 Å². The molecule has 1 rings (SSSR count). The molecule has 1 aromatic carbocycles. The zero-order chi connectivity index (χ0) is 13.5. The first-order chi connectivity index (χ1) is 8.69. The summed E-state index contributed by atoms with van der Waals surface area (Å²) >= 11 is 0. The molecule has 1 atom stereocenters. The smallest absolute Gasteiger partial charge is 0.0414 e. The van der Waals surface area contributed by atoms with Gasteiger partial charge >= 0.3 is 0 Å². The van der Waals surface area contributed by atoms with Crippen LogP contribution in [0.3, 0.4) is 0 Å². The molecule has 2 heteroatoms. The van der Waals surface area contributed by atoms with Crippen molar-refractivity contribution in [2.24, 2.45) is 0 Å². The van der Waals surface area contributed by atoms with Crippen LogP contribution in [0, 0.1) is 0 Å². The minimum atomic E-state index is 0.483. The van der Waals surface area contributed by atoms with Crippen molar-refractivity contribution < 1.29 is 0 Å². The van der Waals surface area contributed by atoms with Crippen LogP contribution in [0.4, 0.5) is 5.69 Å². The van der Waals surface area contributed by atoms with Gasteiger partial charge in [0.15, 0.2) is 0 Å². The Hall–Kier alpha value is -1.02. The van der Waals surface area contributed by atoms with Crippen molar-refractivity contribution in [2.75, 3.05) is 31.1 Å². The lowest BCUT2D eigenvalue weighted by Crippen LogP contribution is -2.29. The van der Waals surface area contributed by atoms with Gasteiger partial charge in [-0.15, -0.1) is 0 Å². The fraction of sp³-hybridized carbons (Fsp3) is 0.625. The summed E-state index contributed by atoms with van der Waals surface area (Å²) < 4.78 is 0. The van der Waals surface area contributed by atoms with Gasteiger partial charge in [0.1, 0.15) is 0 Å². The molecule has 0 aliphatic carbocycles. The molecule has 0 aliphatic rings. The Bertz CT molecular complexity index is 341. The summed E-state index contributed by atoms with van der Waals surface area (Å²) in [5.74, 6) is 0. The van der Waals surface area contributed by atoms with E-state index < -0.39 is 0 Å². The number of rotatable bonds is 7. The molecule has 0 saturated heterocycles. The van der Waals surface area contributed by atoms with Gasteiger partial charge in [-0.3, -0.25) is 4.90 Å². The van der Waals surface area contributed by atoms with Crippen LogP contribution in [0.25, 0.3) is 0 Å². The summed E-state index contributed by atoms with van der Waals surface area (Å²) in [4.78, 5) is 4.94. The zero-order valence-electron chi connectivity index (χ0n) is 12.6. The molecular weight excluding hydrogens is 220 g/mol. The topological polar surface area (TPSA) is 6.48 Å². The Labute approximate surface area is 113 Å². The Morgan fingerprint density at radius 1 is 0.889 bits per heavy atom. The first-order valence-electron chi connectivity index (χ1n) is 7.27. The van der Waals surface area contributed by atoms with E-state index in [1.165, 1.54) is 11.3 Å². The molecule has 0 radical (unpaired) electrons. The second-order valence-corrected chi connectivity index (χ2v) is 4.63. The molecule has 0 saturated carbocycles. The quantitative estimate of drug-likeness (QED) is 0.721. The fourth-order valence-corrected chi connectivity index (χ4v) is 2.66. The van der Waals surface area contributed by atoms with Crippen LogP contribution < -0.4 is 4.90 Å². The van der Waals surface area contributed by atoms with Crippen molar-refractivity contribution in [1.82, 2.24) is 4.90 Å². The number of anilines is 1. The van der Waals surface area contributed by atoms with Crippen LogP contribution >= 0.6 is 0 Å². The van der Waals surface area contributed by atoms with Crippen LogP contribution in [0.1, 0.15) is 46.2 Å². The molecule has 0 aromatic heterocycles. The van der Waals surface area contributed by atoms with Crippen molar-refractivity contribution in [3.8, 4) is 0 Å². The molecule has 0 spiro atoms. The highest BCUT2D eigenvalue weighted by Crippen LogP contribution is 2.29. The van der Waals surface area contributed by atoms with Crippen molar-refractivity contribution in [3.63, 3.8) is 0 Å². The van der Waals surface area contributed by atoms with E-state index in [-0.39, 0.29) is 0 Å². The molecule has 1 unspecified atom stereocenters. The van der Waals surface area contributed by atoms with E-state index in [0.717, 1.165) is 26.2 Å². The molecule has 1 aromatic rings. The van der Waals surface area contributed by atoms with Crippen LogP contribution in [0.2, 0.25) is 0 Å². The molecule has 0 fully saturated rings. The minimum absolute atomic E-state index is 0.483. The second kappa shape index (κ2) is 7.42. The van der Waals surface area contributed by atoms with E-state index in [9.17, 15) is 0 Å². The molecule has 2 nitrogen and oxygen atoms in total. The second-order valence-electron chi connectivity index (χ2n) is 4.63. The lowest BCUT2D eigenvalue weighted by atomic mass is 10.0. The van der Waals surface area contributed by atoms with Crippen molar-refractivity contribution >= 4 is 5.69 Å². The maximum Gasteiger partial charge on any atom is 0.0414 e. The monoisotopic (exact) mass is 248 g/mol. The lowest BCUT2D eigenvalue weighted by molar-refractivity contribution is 0.234. The summed E-state index contributed by atoms with van der Waals surface area (Å²) in [6.45, 7) is 15.6. The molecule has 0 amide bonds. The summed E-state index contributed by atoms with van der Waals surface area (Å²) in [5, 5.41) is 0. The van der Waals surface area contributed by atoms with Gasteiger partial charge < -0.3 is 4.90 Å². The third-order valence-corrected chi connectivity index (χ3v) is 3.85. The van der Waals surface area contributed by atoms with Crippen LogP contribution in [0.15, 0.2) is 24.3 Å². The first kappa shape index (κ1) is 15.0. The first-order valence-corrected chi connectivity index (χ1v) is 7.27. The van der Waals surface area contributed by atoms with E-state index in [2.05, 4.69) is 68.7 Å². The SMILES string of the molecule is CCN(CC)c1ccccc1C(C)N(CC)CC. The molecular formula is C16H28N2. The average molecular weight is 248 g/mol. The Kier molecular flexibility index (Phi) is 6.20. The van der Waals surface area contributed by atoms with Gasteiger partial charge in [-0.1, -0.05) is 32.0 Å². The Balaban J connectivity index is 3.07. The summed E-state index contributed by atoms with van der Waals surface area (Å²) in [7, 11) is 0. The standard InChI is InChI=1S/C16H28N2/c1-6-17(7-2)14(5)15-12-10-11-13-16(15)18(8-3)9-4/h10-14H,6-9H2,1-5H3. The van der Waals surface area contributed by atoms with Crippen molar-refractivity contribution in [1.29, 1.82) is 0 Å². The van der Waals surface area contributed by atoms with Gasteiger partial charge in [-0.25, -0.2) is 0 Å². The van der Waals surface area contributed by atoms with Gasteiger partial charge in [0.2, 0.25) is 0 Å². The van der Waals surface area contributed by atoms with E-state index in [0.29, 0.717) is 6.04 Å². The predicted molar refractivity (Wildman–Crippen MR) is 81.3 cm³/mol. The Morgan fingerprint density at radius 3 is 1.94 bits per heavy atom. The summed E-state index contributed by atoms with van der Waals surface area (Å²) in [6, 6.07) is 9.31. The predicted octanol–water partition coefficient (Wildman–Crippen LogP) is 3.94. The van der Waals surface area contributed by atoms with E-state index in [1.807, 2.05) is 0 Å². The fourth-order valence-electron chi connectivity index (χ4n) is 2.66. The molecule has 0 heterocycles. The van der Waals surface area contributed by atoms with Crippen molar-refractivity contribution in [3.05, 3.63) is 29.8 Å². The highest BCUT2D eigenvalue weighted by molar-refractivity contribution is 5.54. The molecule has 0 bridgehead atoms. The summed E-state index contributed by atoms with van der Waals surface area (Å²) in [5.41, 5.74) is 2.84. The number of nitrogens with zero attached hydrogens (tertiary/aromatic N) is 2. The molecule has 102 valence electrons. The zero-order valence-corrected chi connectivity index (χ0v) is 12.6. The molecule has 18 heavy (non-hydrogen) atoms. The van der Waals surface area contributed by atoms with Crippen LogP contribution in [-0.4, -0.2) is 31.1 Å². The van der Waals surface area contributed by atoms with E-state index in [1.54, 1.807) is 0 Å². The lowest BCUT2D eigenvalue weighted by Gasteiger charge is -2.32. The third kappa shape index (κ3) is 3.26. The number of para-hydroxylation sites is 1. The molecule has 0 aliphatic heterocycles. The van der Waals surface area contributed by atoms with E-state index in [4.69, 9.17) is 0 Å². The van der Waals surface area contributed by atoms with Crippen LogP contribution in [-0.2, 0) is 0 Å². The normalized spacial score (nSPS) is 12.8. The summed E-state index contributed by atoms with van der Waals surface area (Å²) in [6.07, 6.45) is 0. The number of benzene rings is 1. The van der Waals surface area contributed by atoms with Gasteiger partial charge in [0, 0.05) is 24.8 Å². The third-order valence-electron chi connectivity index (χ3n) is 3.85. The molecule has 0 N–H and O–H groups in total. The highest BCUT2D eigenvalue weighted by Gasteiger charge is 2.17. The van der Waals surface area contributed by atoms with Crippen molar-refractivity contribution in [2.45, 2.75) is 40.7 Å². The van der Waals surface area contributed by atoms with Gasteiger partial charge in [-0.2, -0.15) is 0 Å². The largest absolute Gasteiger partial charge is 0.372 e. The minimum Gasteiger partial charge on any atom is -0.372 e. The number of hydrogen-bond donors (Lipinski definition) is 0. The number of hydrogen-bond acceptors (Lipinski definition) is 2. The van der Waals surface area contributed by atoms with E-state index >= 15 is 0 Å². The average Bonchev–Trinajstić information content (AvgIpc) is 2.42. The highest BCUT2D eigenvalue weighted by atomic mass is 15.2. The van der Waals surface area contributed by atoms with Gasteiger partial charge in [0.05, 0.1) is 0 Å². The maximum atomic E-state index is 2.50. The maximum absolute atomic E-state index is 2.50.